The van der Waals surface area contributed by atoms with Crippen molar-refractivity contribution in [3.63, 3.8) is 0 Å². The summed E-state index contributed by atoms with van der Waals surface area (Å²) in [6.07, 6.45) is 5.86. The Bertz CT molecular complexity index is 3000. The van der Waals surface area contributed by atoms with Crippen LogP contribution in [0.1, 0.15) is 89.5 Å². The molecule has 3 atom stereocenters. The molecule has 2 saturated heterocycles. The largest absolute Gasteiger partial charge is 0.392 e. The van der Waals surface area contributed by atoms with Gasteiger partial charge in [0.25, 0.3) is 17.4 Å². The topological polar surface area (TPSA) is 228 Å². The summed E-state index contributed by atoms with van der Waals surface area (Å²) in [7, 11) is 1.66. The number of rotatable bonds is 11. The van der Waals surface area contributed by atoms with Gasteiger partial charge in [-0.2, -0.15) is 0 Å². The minimum atomic E-state index is -1.39. The normalized spacial score (nSPS) is 20.8. The molecule has 19 heteroatoms. The number of carbonyl (C=O) groups excluding carboxylic acids is 5. The van der Waals surface area contributed by atoms with E-state index < -0.39 is 30.0 Å². The number of hydrogen-bond donors (Lipinski definition) is 5. The van der Waals surface area contributed by atoms with Crippen molar-refractivity contribution in [1.82, 2.24) is 34.2 Å². The zero-order chi connectivity index (χ0) is 48.5. The maximum Gasteiger partial charge on any atom is 0.276 e. The lowest BCUT2D eigenvalue weighted by molar-refractivity contribution is -0.139. The molecule has 0 bridgehead atoms. The summed E-state index contributed by atoms with van der Waals surface area (Å²) >= 11 is 0. The van der Waals surface area contributed by atoms with Crippen LogP contribution in [0.2, 0.25) is 0 Å². The maximum atomic E-state index is 14.0. The van der Waals surface area contributed by atoms with Gasteiger partial charge in [0.2, 0.25) is 17.7 Å². The fourth-order valence-electron chi connectivity index (χ4n) is 10.8. The molecule has 8 heterocycles. The molecule has 0 saturated carbocycles. The first kappa shape index (κ1) is 45.4. The molecule has 4 aromatic heterocycles. The number of carbonyl (C=O) groups is 5. The van der Waals surface area contributed by atoms with Crippen LogP contribution in [0.5, 0.6) is 0 Å². The first-order chi connectivity index (χ1) is 33.1. The number of aliphatic hydroxyl groups excluding tert-OH is 2. The van der Waals surface area contributed by atoms with Gasteiger partial charge in [-0.15, -0.1) is 0 Å². The van der Waals surface area contributed by atoms with E-state index in [0.717, 1.165) is 23.4 Å². The number of aliphatic hydroxyl groups is 2. The van der Waals surface area contributed by atoms with Crippen molar-refractivity contribution in [2.24, 2.45) is 12.5 Å². The Morgan fingerprint density at radius 2 is 1.77 bits per heavy atom. The fourth-order valence-corrected chi connectivity index (χ4v) is 10.8. The van der Waals surface area contributed by atoms with Crippen LogP contribution in [0.4, 0.5) is 28.7 Å². The van der Waals surface area contributed by atoms with Crippen molar-refractivity contribution < 1.29 is 34.2 Å². The zero-order valence-corrected chi connectivity index (χ0v) is 39.0. The smallest absolute Gasteiger partial charge is 0.276 e. The number of hydrogen-bond acceptors (Lipinski definition) is 13. The second kappa shape index (κ2) is 17.6. The molecule has 0 spiro atoms. The van der Waals surface area contributed by atoms with Crippen LogP contribution in [-0.2, 0) is 47.4 Å². The molecule has 5 aliphatic rings. The SMILES string of the molecule is C[C@H]1CN(C(=O)CCNc2cccc3c2C(O)N(C2CCC(=O)NC2=O)C3=O)CCN1c1ccc(Nc2cc(-c3ccnc(N4CCn5c(cc6c5CC(C)(C)C6)C4=O)c3CO)cn(C)c2=O)nc1. The van der Waals surface area contributed by atoms with E-state index in [1.165, 1.54) is 15.8 Å². The van der Waals surface area contributed by atoms with Gasteiger partial charge in [-0.25, -0.2) is 9.97 Å². The number of fused-ring (bicyclic) bond motifs is 4. The van der Waals surface area contributed by atoms with Crippen LogP contribution in [-0.4, -0.2) is 113 Å². The number of benzene rings is 1. The highest BCUT2D eigenvalue weighted by Gasteiger charge is 2.45. The Balaban J connectivity index is 0.765. The lowest BCUT2D eigenvalue weighted by Crippen LogP contribution is -2.54. The molecule has 5 aromatic rings. The molecular weight excluding hydrogens is 883 g/mol. The molecule has 0 radical (unpaired) electrons. The number of aryl methyl sites for hydroxylation is 1. The monoisotopic (exact) mass is 937 g/mol. The summed E-state index contributed by atoms with van der Waals surface area (Å²) < 4.78 is 3.61. The van der Waals surface area contributed by atoms with Crippen LogP contribution < -0.4 is 31.3 Å². The van der Waals surface area contributed by atoms with Crippen LogP contribution in [0.25, 0.3) is 11.1 Å². The summed E-state index contributed by atoms with van der Waals surface area (Å²) in [5.41, 5.74) is 6.94. The first-order valence-corrected chi connectivity index (χ1v) is 23.4. The maximum absolute atomic E-state index is 14.0. The van der Waals surface area contributed by atoms with E-state index in [0.29, 0.717) is 78.0 Å². The van der Waals surface area contributed by atoms with Gasteiger partial charge in [0.05, 0.1) is 18.5 Å². The Morgan fingerprint density at radius 1 is 0.942 bits per heavy atom. The third-order valence-electron chi connectivity index (χ3n) is 14.2. The Kier molecular flexibility index (Phi) is 11.6. The summed E-state index contributed by atoms with van der Waals surface area (Å²) in [4.78, 5) is 94.5. The lowest BCUT2D eigenvalue weighted by atomic mass is 9.90. The Labute approximate surface area is 397 Å². The van der Waals surface area contributed by atoms with Crippen molar-refractivity contribution >= 4 is 58.2 Å². The van der Waals surface area contributed by atoms with E-state index in [9.17, 15) is 39.0 Å². The summed E-state index contributed by atoms with van der Waals surface area (Å²) in [5.74, 6) is -0.909. The molecule has 5 amide bonds. The number of pyridine rings is 3. The minimum Gasteiger partial charge on any atom is -0.392 e. The number of piperidine rings is 1. The molecule has 2 fully saturated rings. The van der Waals surface area contributed by atoms with Crippen molar-refractivity contribution in [2.45, 2.75) is 84.3 Å². The van der Waals surface area contributed by atoms with E-state index in [4.69, 9.17) is 0 Å². The number of anilines is 5. The number of piperazine rings is 1. The van der Waals surface area contributed by atoms with Gasteiger partial charge in [0.1, 0.15) is 29.1 Å². The van der Waals surface area contributed by atoms with E-state index >= 15 is 0 Å². The number of amides is 5. The van der Waals surface area contributed by atoms with Crippen molar-refractivity contribution in [2.75, 3.05) is 53.2 Å². The third-order valence-corrected chi connectivity index (χ3v) is 14.2. The number of aromatic nitrogens is 4. The van der Waals surface area contributed by atoms with E-state index in [-0.39, 0.29) is 72.5 Å². The van der Waals surface area contributed by atoms with Crippen LogP contribution in [0, 0.1) is 5.41 Å². The summed E-state index contributed by atoms with van der Waals surface area (Å²) in [6, 6.07) is 13.2. The van der Waals surface area contributed by atoms with Gasteiger partial charge in [-0.05, 0) is 85.2 Å². The quantitative estimate of drug-likeness (QED) is 0.120. The summed E-state index contributed by atoms with van der Waals surface area (Å²) in [5, 5.41) is 30.6. The molecule has 19 nitrogen and oxygen atoms in total. The Morgan fingerprint density at radius 3 is 2.52 bits per heavy atom. The number of nitrogens with zero attached hydrogens (tertiary/aromatic N) is 8. The van der Waals surface area contributed by atoms with Gasteiger partial charge in [-0.1, -0.05) is 19.9 Å². The van der Waals surface area contributed by atoms with E-state index in [1.807, 2.05) is 24.0 Å². The van der Waals surface area contributed by atoms with Crippen LogP contribution in [0.3, 0.4) is 0 Å². The number of nitrogens with one attached hydrogen (secondary N) is 3. The predicted molar refractivity (Wildman–Crippen MR) is 256 cm³/mol. The third kappa shape index (κ3) is 8.18. The second-order valence-electron chi connectivity index (χ2n) is 19.4. The molecule has 4 aliphatic heterocycles. The van der Waals surface area contributed by atoms with Crippen molar-refractivity contribution in [3.05, 3.63) is 111 Å². The molecule has 5 N–H and O–H groups in total. The zero-order valence-electron chi connectivity index (χ0n) is 39.0. The van der Waals surface area contributed by atoms with Gasteiger partial charge in [0, 0.05) is 111 Å². The van der Waals surface area contributed by atoms with Gasteiger partial charge < -0.3 is 39.8 Å². The highest BCUT2D eigenvalue weighted by molar-refractivity contribution is 6.07. The second-order valence-corrected chi connectivity index (χ2v) is 19.4. The van der Waals surface area contributed by atoms with Gasteiger partial charge in [-0.3, -0.25) is 43.9 Å². The molecule has 1 aromatic carbocycles. The Hall–Kier alpha value is -7.38. The number of imide groups is 1. The molecule has 2 unspecified atom stereocenters. The van der Waals surface area contributed by atoms with Crippen molar-refractivity contribution in [1.29, 1.82) is 0 Å². The average molecular weight is 938 g/mol. The summed E-state index contributed by atoms with van der Waals surface area (Å²) in [6.45, 7) is 8.96. The fraction of sp³-hybridized carbons (Fsp3) is 0.400. The first-order valence-electron chi connectivity index (χ1n) is 23.4. The highest BCUT2D eigenvalue weighted by atomic mass is 16.3. The molecule has 358 valence electrons. The molecule has 10 rings (SSSR count). The average Bonchev–Trinajstić information content (AvgIpc) is 3.92. The lowest BCUT2D eigenvalue weighted by Gasteiger charge is -2.41. The van der Waals surface area contributed by atoms with Crippen LogP contribution in [0.15, 0.2) is 71.9 Å². The molecule has 1 aliphatic carbocycles. The molecule has 69 heavy (non-hydrogen) atoms. The predicted octanol–water partition coefficient (Wildman–Crippen LogP) is 3.46. The van der Waals surface area contributed by atoms with Gasteiger partial charge in [0.15, 0.2) is 6.23 Å². The van der Waals surface area contributed by atoms with E-state index in [2.05, 4.69) is 49.2 Å². The molecular formula is C50H55N11O8. The van der Waals surface area contributed by atoms with Crippen LogP contribution >= 0.6 is 0 Å². The van der Waals surface area contributed by atoms with Crippen molar-refractivity contribution in [3.8, 4) is 11.1 Å². The highest BCUT2D eigenvalue weighted by Crippen LogP contribution is 2.42. The standard InChI is InChI=1S/C50H55N11O8/c1-28-25-57(42(64)13-15-51-35-7-5-6-33-43(35)49(69)61(46(33)66)37-9-11-41(63)55-45(37)65)16-17-58(28)31-8-10-40(53-24-31)54-36-20-30(26-56(4)47(36)67)32-12-14-52-44(34(32)27-62)60-19-18-59-38(48(60)68)21-29-22-50(2,3)23-39(29)59/h5-8,10,12,14,20-21,24,26,28,37,49,51,62,69H,9,11,13,15-19,22-23,25,27H2,1-4H3,(H,53,54)(H,55,63,65)/t28-,37?,49?/m0/s1. The van der Waals surface area contributed by atoms with Gasteiger partial charge >= 0.3 is 0 Å². The minimum absolute atomic E-state index is 0.0399. The van der Waals surface area contributed by atoms with E-state index in [1.54, 1.807) is 66.9 Å².